The van der Waals surface area contributed by atoms with Gasteiger partial charge < -0.3 is 4.42 Å². The predicted molar refractivity (Wildman–Crippen MR) is 78.6 cm³/mol. The largest absolute Gasteiger partial charge is 0.434 e. The molecule has 0 atom stereocenters. The molecule has 0 saturated carbocycles. The molecule has 0 aliphatic rings. The Morgan fingerprint density at radius 3 is 2.55 bits per heavy atom. The lowest BCUT2D eigenvalue weighted by molar-refractivity contribution is 0.526. The van der Waals surface area contributed by atoms with E-state index in [1.54, 1.807) is 11.8 Å². The van der Waals surface area contributed by atoms with Crippen LogP contribution >= 0.6 is 11.8 Å². The number of rotatable bonds is 4. The maximum absolute atomic E-state index is 11.1. The molecule has 2 aromatic carbocycles. The molecular formula is C15H12N2O2S. The molecule has 0 aliphatic carbocycles. The van der Waals surface area contributed by atoms with Gasteiger partial charge in [-0.3, -0.25) is 0 Å². The van der Waals surface area contributed by atoms with Gasteiger partial charge in [-0.15, -0.1) is 16.9 Å². The highest BCUT2D eigenvalue weighted by Gasteiger charge is 2.10. The van der Waals surface area contributed by atoms with Gasteiger partial charge in [0, 0.05) is 10.6 Å². The van der Waals surface area contributed by atoms with Crippen LogP contribution in [0.25, 0.3) is 11.5 Å². The fourth-order valence-electron chi connectivity index (χ4n) is 1.85. The summed E-state index contributed by atoms with van der Waals surface area (Å²) in [4.78, 5) is 12.1. The second kappa shape index (κ2) is 5.79. The van der Waals surface area contributed by atoms with E-state index >= 15 is 0 Å². The predicted octanol–water partition coefficient (Wildman–Crippen LogP) is 3.32. The fraction of sp³-hybridized carbons (Fsp3) is 0.0667. The molecule has 0 fully saturated rings. The van der Waals surface area contributed by atoms with Crippen molar-refractivity contribution in [2.24, 2.45) is 0 Å². The third kappa shape index (κ3) is 2.83. The summed E-state index contributed by atoms with van der Waals surface area (Å²) in [5.41, 5.74) is 2.07. The van der Waals surface area contributed by atoms with E-state index < -0.39 is 5.76 Å². The first-order valence-corrected chi connectivity index (χ1v) is 7.13. The molecule has 0 saturated heterocycles. The second-order valence-electron chi connectivity index (χ2n) is 4.19. The lowest BCUT2D eigenvalue weighted by atomic mass is 10.2. The van der Waals surface area contributed by atoms with E-state index in [-0.39, 0.29) is 0 Å². The van der Waals surface area contributed by atoms with Gasteiger partial charge in [-0.05, 0) is 17.7 Å². The van der Waals surface area contributed by atoms with Crippen molar-refractivity contribution in [1.82, 2.24) is 10.2 Å². The van der Waals surface area contributed by atoms with E-state index in [2.05, 4.69) is 22.3 Å². The maximum Gasteiger partial charge on any atom is 0.434 e. The van der Waals surface area contributed by atoms with Gasteiger partial charge in [-0.2, -0.15) is 0 Å². The highest BCUT2D eigenvalue weighted by atomic mass is 32.2. The first-order valence-electron chi connectivity index (χ1n) is 6.14. The molecule has 0 spiro atoms. The Hall–Kier alpha value is -2.27. The van der Waals surface area contributed by atoms with Gasteiger partial charge >= 0.3 is 5.76 Å². The summed E-state index contributed by atoms with van der Waals surface area (Å²) in [6, 6.07) is 18.0. The van der Waals surface area contributed by atoms with Crippen LogP contribution in [-0.4, -0.2) is 10.2 Å². The zero-order valence-corrected chi connectivity index (χ0v) is 11.4. The molecule has 5 heteroatoms. The molecule has 20 heavy (non-hydrogen) atoms. The minimum absolute atomic E-state index is 0.325. The maximum atomic E-state index is 11.1. The molecular weight excluding hydrogens is 272 g/mol. The summed E-state index contributed by atoms with van der Waals surface area (Å²) in [5.74, 6) is 0.640. The summed E-state index contributed by atoms with van der Waals surface area (Å²) >= 11 is 1.69. The average molecular weight is 284 g/mol. The minimum atomic E-state index is -0.539. The van der Waals surface area contributed by atoms with Crippen LogP contribution in [0.15, 0.2) is 68.7 Å². The summed E-state index contributed by atoms with van der Waals surface area (Å²) in [5, 5.41) is 6.17. The summed E-state index contributed by atoms with van der Waals surface area (Å²) in [7, 11) is 0. The van der Waals surface area contributed by atoms with Crippen LogP contribution in [0, 0.1) is 0 Å². The monoisotopic (exact) mass is 284 g/mol. The smallest absolute Gasteiger partial charge is 0.388 e. The zero-order valence-electron chi connectivity index (χ0n) is 10.6. The molecule has 3 aromatic rings. The van der Waals surface area contributed by atoms with E-state index in [0.717, 1.165) is 16.2 Å². The van der Waals surface area contributed by atoms with Crippen LogP contribution in [0.5, 0.6) is 0 Å². The topological polar surface area (TPSA) is 58.9 Å². The van der Waals surface area contributed by atoms with Crippen molar-refractivity contribution in [3.63, 3.8) is 0 Å². The lowest BCUT2D eigenvalue weighted by Crippen LogP contribution is -1.93. The van der Waals surface area contributed by atoms with E-state index in [4.69, 9.17) is 4.42 Å². The summed E-state index contributed by atoms with van der Waals surface area (Å²) in [6.45, 7) is 0. The number of benzene rings is 2. The van der Waals surface area contributed by atoms with Crippen molar-refractivity contribution in [2.75, 3.05) is 0 Å². The lowest BCUT2D eigenvalue weighted by Gasteiger charge is -2.05. The van der Waals surface area contributed by atoms with Crippen LogP contribution in [0.2, 0.25) is 0 Å². The SMILES string of the molecule is O=c1[nH]nc(-c2ccccc2SCc2ccccc2)o1. The van der Waals surface area contributed by atoms with Crippen molar-refractivity contribution >= 4 is 11.8 Å². The molecule has 1 aromatic heterocycles. The number of nitrogens with one attached hydrogen (secondary N) is 1. The molecule has 0 unspecified atom stereocenters. The fourth-order valence-corrected chi connectivity index (χ4v) is 2.85. The molecule has 0 aliphatic heterocycles. The highest BCUT2D eigenvalue weighted by Crippen LogP contribution is 2.31. The molecule has 3 rings (SSSR count). The number of hydrogen-bond acceptors (Lipinski definition) is 4. The Kier molecular flexibility index (Phi) is 3.69. The third-order valence-corrected chi connectivity index (χ3v) is 3.94. The van der Waals surface area contributed by atoms with Gasteiger partial charge in [0.15, 0.2) is 0 Å². The Morgan fingerprint density at radius 1 is 1.05 bits per heavy atom. The number of hydrogen-bond donors (Lipinski definition) is 1. The van der Waals surface area contributed by atoms with Crippen LogP contribution in [0.1, 0.15) is 5.56 Å². The molecule has 1 N–H and O–H groups in total. The van der Waals surface area contributed by atoms with Gasteiger partial charge in [0.1, 0.15) is 0 Å². The van der Waals surface area contributed by atoms with Gasteiger partial charge in [-0.1, -0.05) is 42.5 Å². The number of aromatic amines is 1. The van der Waals surface area contributed by atoms with Crippen molar-refractivity contribution < 1.29 is 4.42 Å². The van der Waals surface area contributed by atoms with E-state index in [0.29, 0.717) is 5.89 Å². The Morgan fingerprint density at radius 2 is 1.80 bits per heavy atom. The Labute approximate surface area is 119 Å². The van der Waals surface area contributed by atoms with Crippen LogP contribution in [0.3, 0.4) is 0 Å². The summed E-state index contributed by atoms with van der Waals surface area (Å²) < 4.78 is 5.03. The number of aromatic nitrogens is 2. The van der Waals surface area contributed by atoms with Gasteiger partial charge in [0.25, 0.3) is 0 Å². The zero-order chi connectivity index (χ0) is 13.8. The normalized spacial score (nSPS) is 10.6. The van der Waals surface area contributed by atoms with E-state index in [1.807, 2.05) is 42.5 Å². The Balaban J connectivity index is 1.85. The van der Waals surface area contributed by atoms with Crippen LogP contribution in [-0.2, 0) is 5.75 Å². The second-order valence-corrected chi connectivity index (χ2v) is 5.21. The van der Waals surface area contributed by atoms with Crippen LogP contribution < -0.4 is 5.76 Å². The quantitative estimate of drug-likeness (QED) is 0.747. The Bertz CT molecular complexity index is 750. The first kappa shape index (κ1) is 12.7. The van der Waals surface area contributed by atoms with E-state index in [1.165, 1.54) is 5.56 Å². The number of thioether (sulfide) groups is 1. The number of H-pyrrole nitrogens is 1. The van der Waals surface area contributed by atoms with Gasteiger partial charge in [0.2, 0.25) is 5.89 Å². The first-order chi connectivity index (χ1) is 9.83. The van der Waals surface area contributed by atoms with E-state index in [9.17, 15) is 4.79 Å². The van der Waals surface area contributed by atoms with Crippen molar-refractivity contribution in [3.05, 3.63) is 70.7 Å². The molecule has 0 amide bonds. The molecule has 1 heterocycles. The third-order valence-electron chi connectivity index (χ3n) is 2.79. The minimum Gasteiger partial charge on any atom is -0.388 e. The molecule has 4 nitrogen and oxygen atoms in total. The molecule has 0 radical (unpaired) electrons. The molecule has 0 bridgehead atoms. The average Bonchev–Trinajstić information content (AvgIpc) is 2.93. The highest BCUT2D eigenvalue weighted by molar-refractivity contribution is 7.98. The van der Waals surface area contributed by atoms with Crippen molar-refractivity contribution in [3.8, 4) is 11.5 Å². The van der Waals surface area contributed by atoms with Crippen molar-refractivity contribution in [1.29, 1.82) is 0 Å². The van der Waals surface area contributed by atoms with Gasteiger partial charge in [0.05, 0.1) is 5.56 Å². The van der Waals surface area contributed by atoms with Crippen LogP contribution in [0.4, 0.5) is 0 Å². The molecule has 100 valence electrons. The summed E-state index contributed by atoms with van der Waals surface area (Å²) in [6.07, 6.45) is 0. The van der Waals surface area contributed by atoms with Crippen molar-refractivity contribution in [2.45, 2.75) is 10.6 Å². The van der Waals surface area contributed by atoms with Gasteiger partial charge in [-0.25, -0.2) is 9.89 Å². The standard InChI is InChI=1S/C15H12N2O2S/c18-15-17-16-14(19-15)12-8-4-5-9-13(12)20-10-11-6-2-1-3-7-11/h1-9H,10H2,(H,17,18). The number of nitrogens with zero attached hydrogens (tertiary/aromatic N) is 1.